The molecule has 4 nitrogen and oxygen atoms in total. The number of benzene rings is 1. The van der Waals surface area contributed by atoms with E-state index in [1.807, 2.05) is 19.1 Å². The summed E-state index contributed by atoms with van der Waals surface area (Å²) in [6.45, 7) is 3.39. The summed E-state index contributed by atoms with van der Waals surface area (Å²) in [7, 11) is 1.45. The highest BCUT2D eigenvalue weighted by molar-refractivity contribution is 5.87. The van der Waals surface area contributed by atoms with E-state index in [-0.39, 0.29) is 12.1 Å². The van der Waals surface area contributed by atoms with Crippen molar-refractivity contribution in [3.05, 3.63) is 29.3 Å². The van der Waals surface area contributed by atoms with Crippen LogP contribution in [-0.4, -0.2) is 32.4 Å². The molecule has 0 N–H and O–H groups in total. The normalized spacial score (nSPS) is 23.4. The summed E-state index contributed by atoms with van der Waals surface area (Å²) >= 11 is 0. The van der Waals surface area contributed by atoms with Crippen LogP contribution in [0.2, 0.25) is 0 Å². The lowest BCUT2D eigenvalue weighted by molar-refractivity contribution is -0.143. The molecule has 1 aromatic rings. The highest BCUT2D eigenvalue weighted by Gasteiger charge is 2.54. The number of aryl methyl sites for hydroxylation is 1. The second-order valence-electron chi connectivity index (χ2n) is 5.68. The third-order valence-electron chi connectivity index (χ3n) is 4.16. The van der Waals surface area contributed by atoms with Crippen LogP contribution in [0.1, 0.15) is 30.4 Å². The monoisotopic (exact) mass is 276 g/mol. The average molecular weight is 276 g/mol. The van der Waals surface area contributed by atoms with Crippen LogP contribution in [0.5, 0.6) is 5.75 Å². The molecule has 1 heterocycles. The van der Waals surface area contributed by atoms with Gasteiger partial charge in [-0.05, 0) is 25.8 Å². The number of carbonyl (C=O) groups is 1. The molecule has 20 heavy (non-hydrogen) atoms. The van der Waals surface area contributed by atoms with E-state index in [2.05, 4.69) is 6.07 Å². The number of carbonyl (C=O) groups excluding carboxylic acids is 1. The summed E-state index contributed by atoms with van der Waals surface area (Å²) in [4.78, 5) is 12.1. The zero-order chi connectivity index (χ0) is 14.2. The van der Waals surface area contributed by atoms with E-state index in [0.717, 1.165) is 42.7 Å². The molecule has 2 aliphatic rings. The van der Waals surface area contributed by atoms with Crippen LogP contribution >= 0.6 is 0 Å². The third-order valence-corrected chi connectivity index (χ3v) is 4.16. The molecule has 1 aliphatic carbocycles. The smallest absolute Gasteiger partial charge is 0.316 e. The molecule has 1 unspecified atom stereocenters. The maximum atomic E-state index is 12.1. The fraction of sp³-hybridized carbons (Fsp3) is 0.562. The van der Waals surface area contributed by atoms with Gasteiger partial charge < -0.3 is 14.2 Å². The van der Waals surface area contributed by atoms with Crippen molar-refractivity contribution in [2.45, 2.75) is 37.7 Å². The van der Waals surface area contributed by atoms with Crippen molar-refractivity contribution in [1.82, 2.24) is 0 Å². The summed E-state index contributed by atoms with van der Waals surface area (Å²) in [5, 5.41) is 0. The maximum absolute atomic E-state index is 12.1. The Morgan fingerprint density at radius 1 is 1.40 bits per heavy atom. The summed E-state index contributed by atoms with van der Waals surface area (Å²) in [5.41, 5.74) is 1.61. The minimum atomic E-state index is -0.491. The van der Waals surface area contributed by atoms with E-state index < -0.39 is 5.41 Å². The Bertz CT molecular complexity index is 513. The number of hydrogen-bond acceptors (Lipinski definition) is 4. The van der Waals surface area contributed by atoms with Gasteiger partial charge in [-0.3, -0.25) is 4.79 Å². The van der Waals surface area contributed by atoms with Crippen LogP contribution in [0.3, 0.4) is 0 Å². The minimum Gasteiger partial charge on any atom is -0.488 e. The van der Waals surface area contributed by atoms with Gasteiger partial charge in [-0.2, -0.15) is 0 Å². The van der Waals surface area contributed by atoms with Gasteiger partial charge in [-0.25, -0.2) is 0 Å². The Hall–Kier alpha value is -1.55. The first-order valence-electron chi connectivity index (χ1n) is 7.10. The average Bonchev–Trinajstić information content (AvgIpc) is 3.11. The molecule has 1 aromatic carbocycles. The van der Waals surface area contributed by atoms with Crippen LogP contribution < -0.4 is 4.74 Å². The Kier molecular flexibility index (Phi) is 3.42. The quantitative estimate of drug-likeness (QED) is 0.792. The van der Waals surface area contributed by atoms with Gasteiger partial charge in [-0.1, -0.05) is 17.7 Å². The second kappa shape index (κ2) is 5.09. The lowest BCUT2D eigenvalue weighted by atomic mass is 9.93. The molecule has 0 spiro atoms. The van der Waals surface area contributed by atoms with E-state index in [1.54, 1.807) is 0 Å². The highest BCUT2D eigenvalue weighted by Crippen LogP contribution is 2.52. The molecule has 0 aromatic heterocycles. The van der Waals surface area contributed by atoms with Crippen LogP contribution in [0.4, 0.5) is 0 Å². The molecule has 3 rings (SSSR count). The SMILES string of the molecule is COC(=O)C1(c2cc(C)ccc2OC2CCOC2)CC1. The van der Waals surface area contributed by atoms with Gasteiger partial charge >= 0.3 is 5.97 Å². The Labute approximate surface area is 119 Å². The topological polar surface area (TPSA) is 44.8 Å². The van der Waals surface area contributed by atoms with Crippen molar-refractivity contribution in [2.24, 2.45) is 0 Å². The Morgan fingerprint density at radius 3 is 2.80 bits per heavy atom. The number of esters is 1. The van der Waals surface area contributed by atoms with Gasteiger partial charge in [0.2, 0.25) is 0 Å². The third kappa shape index (κ3) is 2.29. The van der Waals surface area contributed by atoms with E-state index in [9.17, 15) is 4.79 Å². The van der Waals surface area contributed by atoms with E-state index in [0.29, 0.717) is 6.61 Å². The predicted octanol–water partition coefficient (Wildman–Crippen LogP) is 2.37. The summed E-state index contributed by atoms with van der Waals surface area (Å²) < 4.78 is 16.4. The summed E-state index contributed by atoms with van der Waals surface area (Å²) in [5.74, 6) is 0.643. The fourth-order valence-corrected chi connectivity index (χ4v) is 2.81. The molecule has 0 bridgehead atoms. The van der Waals surface area contributed by atoms with Crippen molar-refractivity contribution >= 4 is 5.97 Å². The first-order chi connectivity index (χ1) is 9.65. The molecule has 1 saturated carbocycles. The van der Waals surface area contributed by atoms with Crippen molar-refractivity contribution in [1.29, 1.82) is 0 Å². The van der Waals surface area contributed by atoms with Crippen LogP contribution in [0.15, 0.2) is 18.2 Å². The van der Waals surface area contributed by atoms with Gasteiger partial charge in [0.05, 0.1) is 25.7 Å². The van der Waals surface area contributed by atoms with Crippen molar-refractivity contribution < 1.29 is 19.0 Å². The largest absolute Gasteiger partial charge is 0.488 e. The Balaban J connectivity index is 1.92. The molecule has 0 radical (unpaired) electrons. The lowest BCUT2D eigenvalue weighted by Crippen LogP contribution is -2.24. The molecule has 1 saturated heterocycles. The maximum Gasteiger partial charge on any atom is 0.316 e. The van der Waals surface area contributed by atoms with Gasteiger partial charge in [0.15, 0.2) is 0 Å². The first-order valence-corrected chi connectivity index (χ1v) is 7.10. The molecule has 0 amide bonds. The van der Waals surface area contributed by atoms with Gasteiger partial charge in [0.1, 0.15) is 11.9 Å². The van der Waals surface area contributed by atoms with Crippen molar-refractivity contribution in [3.8, 4) is 5.75 Å². The Morgan fingerprint density at radius 2 is 2.20 bits per heavy atom. The zero-order valence-corrected chi connectivity index (χ0v) is 12.0. The molecule has 2 fully saturated rings. The first kappa shape index (κ1) is 13.4. The van der Waals surface area contributed by atoms with Crippen LogP contribution in [0, 0.1) is 6.92 Å². The van der Waals surface area contributed by atoms with Gasteiger partial charge in [0, 0.05) is 12.0 Å². The summed E-state index contributed by atoms with van der Waals surface area (Å²) in [6, 6.07) is 6.03. The predicted molar refractivity (Wildman–Crippen MR) is 74.0 cm³/mol. The standard InChI is InChI=1S/C16H20O4/c1-11-3-4-14(20-12-5-8-19-10-12)13(9-11)16(6-7-16)15(17)18-2/h3-4,9,12H,5-8,10H2,1-2H3. The molecule has 4 heteroatoms. The molecular formula is C16H20O4. The van der Waals surface area contributed by atoms with Crippen LogP contribution in [0.25, 0.3) is 0 Å². The lowest BCUT2D eigenvalue weighted by Gasteiger charge is -2.20. The molecule has 1 aliphatic heterocycles. The van der Waals surface area contributed by atoms with E-state index >= 15 is 0 Å². The second-order valence-corrected chi connectivity index (χ2v) is 5.68. The number of methoxy groups -OCH3 is 1. The van der Waals surface area contributed by atoms with Gasteiger partial charge in [-0.15, -0.1) is 0 Å². The number of ether oxygens (including phenoxy) is 3. The highest BCUT2D eigenvalue weighted by atomic mass is 16.5. The van der Waals surface area contributed by atoms with E-state index in [4.69, 9.17) is 14.2 Å². The van der Waals surface area contributed by atoms with Crippen molar-refractivity contribution in [2.75, 3.05) is 20.3 Å². The summed E-state index contributed by atoms with van der Waals surface area (Å²) in [6.07, 6.45) is 2.66. The van der Waals surface area contributed by atoms with Gasteiger partial charge in [0.25, 0.3) is 0 Å². The zero-order valence-electron chi connectivity index (χ0n) is 12.0. The fourth-order valence-electron chi connectivity index (χ4n) is 2.81. The number of hydrogen-bond donors (Lipinski definition) is 0. The number of rotatable bonds is 4. The van der Waals surface area contributed by atoms with Crippen molar-refractivity contribution in [3.63, 3.8) is 0 Å². The van der Waals surface area contributed by atoms with Crippen LogP contribution in [-0.2, 0) is 19.7 Å². The van der Waals surface area contributed by atoms with E-state index in [1.165, 1.54) is 7.11 Å². The molecule has 1 atom stereocenters. The molecular weight excluding hydrogens is 256 g/mol. The minimum absolute atomic E-state index is 0.0879. The molecule has 108 valence electrons.